The highest BCUT2D eigenvalue weighted by molar-refractivity contribution is 7.15. The lowest BCUT2D eigenvalue weighted by atomic mass is 10.4. The minimum Gasteiger partial charge on any atom is -0.358 e. The molecule has 0 amide bonds. The summed E-state index contributed by atoms with van der Waals surface area (Å²) in [6.45, 7) is 1.60. The number of fused-ring (bicyclic) bond motifs is 1. The first-order chi connectivity index (χ1) is 8.65. The molecule has 0 bridgehead atoms. The molecule has 2 heterocycles. The molecule has 0 aliphatic rings. The van der Waals surface area contributed by atoms with Crippen molar-refractivity contribution in [2.24, 2.45) is 0 Å². The van der Waals surface area contributed by atoms with E-state index >= 15 is 0 Å². The summed E-state index contributed by atoms with van der Waals surface area (Å²) in [7, 11) is 3.71. The monoisotopic (exact) mass is 269 g/mol. The second kappa shape index (κ2) is 5.32. The molecule has 0 aromatic carbocycles. The number of hydrogen-bond acceptors (Lipinski definition) is 6. The summed E-state index contributed by atoms with van der Waals surface area (Å²) < 4.78 is 1.52. The number of imidazole rings is 1. The summed E-state index contributed by atoms with van der Waals surface area (Å²) >= 11 is 1.39. The van der Waals surface area contributed by atoms with Crippen LogP contribution < -0.4 is 10.2 Å². The van der Waals surface area contributed by atoms with Gasteiger partial charge in [0, 0.05) is 19.0 Å². The Kier molecular flexibility index (Phi) is 3.78. The molecule has 18 heavy (non-hydrogen) atoms. The van der Waals surface area contributed by atoms with Gasteiger partial charge in [-0.15, -0.1) is 0 Å². The van der Waals surface area contributed by atoms with Crippen LogP contribution in [0.5, 0.6) is 0 Å². The minimum absolute atomic E-state index is 0.0400. The molecule has 2 aromatic heterocycles. The van der Waals surface area contributed by atoms with Gasteiger partial charge in [0.1, 0.15) is 6.20 Å². The molecule has 0 radical (unpaired) electrons. The Morgan fingerprint density at radius 3 is 3.11 bits per heavy atom. The normalized spacial score (nSPS) is 11.0. The molecule has 0 spiro atoms. The third-order valence-corrected chi connectivity index (χ3v) is 3.43. The Labute approximate surface area is 108 Å². The summed E-state index contributed by atoms with van der Waals surface area (Å²) in [6.07, 6.45) is 2.59. The molecule has 1 N–H and O–H groups in total. The second-order valence-electron chi connectivity index (χ2n) is 3.95. The van der Waals surface area contributed by atoms with Crippen molar-refractivity contribution in [3.05, 3.63) is 21.7 Å². The SMILES string of the molecule is CNCCCN(C)c1nc2sccn2c1[N+](=O)[O-]. The van der Waals surface area contributed by atoms with Crippen molar-refractivity contribution in [2.45, 2.75) is 6.42 Å². The maximum atomic E-state index is 11.1. The van der Waals surface area contributed by atoms with Gasteiger partial charge in [-0.3, -0.25) is 0 Å². The van der Waals surface area contributed by atoms with Crippen molar-refractivity contribution in [2.75, 3.05) is 32.1 Å². The lowest BCUT2D eigenvalue weighted by molar-refractivity contribution is -0.389. The van der Waals surface area contributed by atoms with Crippen LogP contribution in [0.1, 0.15) is 6.42 Å². The quantitative estimate of drug-likeness (QED) is 0.486. The molecule has 0 aliphatic carbocycles. The number of anilines is 1. The molecule has 98 valence electrons. The van der Waals surface area contributed by atoms with E-state index in [1.165, 1.54) is 15.7 Å². The average molecular weight is 269 g/mol. The topological polar surface area (TPSA) is 75.7 Å². The van der Waals surface area contributed by atoms with E-state index in [1.54, 1.807) is 11.6 Å². The van der Waals surface area contributed by atoms with Crippen molar-refractivity contribution in [3.8, 4) is 0 Å². The van der Waals surface area contributed by atoms with E-state index in [-0.39, 0.29) is 10.7 Å². The Balaban J connectivity index is 2.28. The second-order valence-corrected chi connectivity index (χ2v) is 4.82. The van der Waals surface area contributed by atoms with Crippen LogP contribution in [-0.2, 0) is 0 Å². The molecule has 0 atom stereocenters. The largest absolute Gasteiger partial charge is 0.373 e. The first-order valence-corrected chi connectivity index (χ1v) is 6.48. The van der Waals surface area contributed by atoms with Crippen molar-refractivity contribution in [1.29, 1.82) is 0 Å². The maximum Gasteiger partial charge on any atom is 0.373 e. The third kappa shape index (κ3) is 2.29. The van der Waals surface area contributed by atoms with Crippen LogP contribution in [-0.4, -0.2) is 41.5 Å². The Hall–Kier alpha value is -1.67. The van der Waals surface area contributed by atoms with Gasteiger partial charge in [-0.25, -0.2) is 0 Å². The molecule has 7 nitrogen and oxygen atoms in total. The van der Waals surface area contributed by atoms with E-state index in [4.69, 9.17) is 0 Å². The van der Waals surface area contributed by atoms with Gasteiger partial charge < -0.3 is 20.3 Å². The zero-order chi connectivity index (χ0) is 13.1. The fourth-order valence-electron chi connectivity index (χ4n) is 1.79. The summed E-state index contributed by atoms with van der Waals surface area (Å²) in [5, 5.41) is 16.0. The zero-order valence-corrected chi connectivity index (χ0v) is 11.1. The first kappa shape index (κ1) is 12.8. The maximum absolute atomic E-state index is 11.1. The molecule has 0 saturated heterocycles. The van der Waals surface area contributed by atoms with Crippen LogP contribution in [0.3, 0.4) is 0 Å². The number of hydrogen-bond donors (Lipinski definition) is 1. The smallest absolute Gasteiger partial charge is 0.358 e. The molecular weight excluding hydrogens is 254 g/mol. The van der Waals surface area contributed by atoms with Crippen LogP contribution in [0.25, 0.3) is 4.96 Å². The molecule has 8 heteroatoms. The molecule has 0 unspecified atom stereocenters. The Morgan fingerprint density at radius 2 is 2.44 bits per heavy atom. The number of thiazole rings is 1. The number of nitro groups is 1. The van der Waals surface area contributed by atoms with E-state index in [9.17, 15) is 10.1 Å². The van der Waals surface area contributed by atoms with Gasteiger partial charge in [0.2, 0.25) is 5.82 Å². The molecule has 0 fully saturated rings. The van der Waals surface area contributed by atoms with Crippen LogP contribution >= 0.6 is 11.3 Å². The van der Waals surface area contributed by atoms with Crippen molar-refractivity contribution >= 4 is 27.9 Å². The number of nitrogens with one attached hydrogen (secondary N) is 1. The highest BCUT2D eigenvalue weighted by Crippen LogP contribution is 2.30. The zero-order valence-electron chi connectivity index (χ0n) is 10.3. The average Bonchev–Trinajstić information content (AvgIpc) is 2.87. The van der Waals surface area contributed by atoms with Gasteiger partial charge in [0.05, 0.1) is 0 Å². The summed E-state index contributed by atoms with van der Waals surface area (Å²) in [4.78, 5) is 17.6. The third-order valence-electron chi connectivity index (χ3n) is 2.67. The fraction of sp³-hybridized carbons (Fsp3) is 0.500. The lowest BCUT2D eigenvalue weighted by Crippen LogP contribution is -2.23. The Morgan fingerprint density at radius 1 is 1.67 bits per heavy atom. The van der Waals surface area contributed by atoms with Crippen LogP contribution in [0, 0.1) is 10.1 Å². The minimum atomic E-state index is -0.378. The molecule has 0 saturated carbocycles. The Bertz CT molecular complexity index is 549. The molecular formula is C10H15N5O2S. The predicted molar refractivity (Wildman–Crippen MR) is 71.5 cm³/mol. The van der Waals surface area contributed by atoms with Crippen molar-refractivity contribution in [3.63, 3.8) is 0 Å². The van der Waals surface area contributed by atoms with Crippen molar-refractivity contribution < 1.29 is 4.92 Å². The van der Waals surface area contributed by atoms with Gasteiger partial charge in [-0.2, -0.15) is 9.38 Å². The van der Waals surface area contributed by atoms with Gasteiger partial charge in [-0.05, 0) is 24.9 Å². The van der Waals surface area contributed by atoms with E-state index in [0.29, 0.717) is 10.8 Å². The number of nitrogens with zero attached hydrogens (tertiary/aromatic N) is 4. The van der Waals surface area contributed by atoms with Gasteiger partial charge in [0.15, 0.2) is 0 Å². The number of aromatic nitrogens is 2. The van der Waals surface area contributed by atoms with Gasteiger partial charge >= 0.3 is 5.82 Å². The predicted octanol–water partition coefficient (Wildman–Crippen LogP) is 1.35. The van der Waals surface area contributed by atoms with Crippen molar-refractivity contribution in [1.82, 2.24) is 14.7 Å². The summed E-state index contributed by atoms with van der Waals surface area (Å²) in [5.74, 6) is 0.473. The van der Waals surface area contributed by atoms with Gasteiger partial charge in [0.25, 0.3) is 4.96 Å². The highest BCUT2D eigenvalue weighted by Gasteiger charge is 2.25. The number of rotatable bonds is 6. The summed E-state index contributed by atoms with van der Waals surface area (Å²) in [5.41, 5.74) is 0. The lowest BCUT2D eigenvalue weighted by Gasteiger charge is -2.15. The van der Waals surface area contributed by atoms with E-state index in [2.05, 4.69) is 10.3 Å². The highest BCUT2D eigenvalue weighted by atomic mass is 32.1. The van der Waals surface area contributed by atoms with Crippen LogP contribution in [0.4, 0.5) is 11.6 Å². The van der Waals surface area contributed by atoms with Gasteiger partial charge in [-0.1, -0.05) is 11.3 Å². The van der Waals surface area contributed by atoms with E-state index < -0.39 is 0 Å². The van der Waals surface area contributed by atoms with Crippen LogP contribution in [0.2, 0.25) is 0 Å². The molecule has 2 aromatic rings. The first-order valence-electron chi connectivity index (χ1n) is 5.61. The fourth-order valence-corrected chi connectivity index (χ4v) is 2.49. The summed E-state index contributed by atoms with van der Waals surface area (Å²) in [6, 6.07) is 0. The molecule has 0 aliphatic heterocycles. The molecule has 2 rings (SSSR count). The van der Waals surface area contributed by atoms with Crippen LogP contribution in [0.15, 0.2) is 11.6 Å². The van der Waals surface area contributed by atoms with E-state index in [1.807, 2.05) is 19.0 Å². The van der Waals surface area contributed by atoms with E-state index in [0.717, 1.165) is 19.5 Å². The standard InChI is InChI=1S/C10H15N5O2S/c1-11-4-3-5-13(2)8-9(15(16)17)14-6-7-18-10(14)12-8/h6-7,11H,3-5H2,1-2H3.